The molecular formula is C11H16N4O2. The van der Waals surface area contributed by atoms with Crippen LogP contribution in [0.4, 0.5) is 5.82 Å². The molecule has 1 heterocycles. The molecule has 1 aliphatic rings. The first-order chi connectivity index (χ1) is 8.20. The van der Waals surface area contributed by atoms with E-state index in [9.17, 15) is 9.90 Å². The van der Waals surface area contributed by atoms with Gasteiger partial charge in [0.1, 0.15) is 5.82 Å². The highest BCUT2D eigenvalue weighted by molar-refractivity contribution is 5.91. The molecule has 1 unspecified atom stereocenters. The van der Waals surface area contributed by atoms with E-state index < -0.39 is 0 Å². The average Bonchev–Trinajstić information content (AvgIpc) is 3.20. The monoisotopic (exact) mass is 236 g/mol. The number of anilines is 1. The second kappa shape index (κ2) is 5.09. The van der Waals surface area contributed by atoms with Crippen LogP contribution < -0.4 is 10.6 Å². The summed E-state index contributed by atoms with van der Waals surface area (Å²) in [6.07, 6.45) is 1.88. The van der Waals surface area contributed by atoms with Crippen LogP contribution in [0.5, 0.6) is 0 Å². The molecule has 1 amide bonds. The number of aromatic nitrogens is 2. The molecule has 2 rings (SSSR count). The highest BCUT2D eigenvalue weighted by Crippen LogP contribution is 2.32. The molecule has 0 aliphatic heterocycles. The summed E-state index contributed by atoms with van der Waals surface area (Å²) in [6.45, 7) is 0.471. The van der Waals surface area contributed by atoms with Crippen molar-refractivity contribution in [2.45, 2.75) is 18.9 Å². The Morgan fingerprint density at radius 3 is 2.82 bits per heavy atom. The van der Waals surface area contributed by atoms with Gasteiger partial charge in [-0.05, 0) is 30.9 Å². The predicted molar refractivity (Wildman–Crippen MR) is 62.6 cm³/mol. The van der Waals surface area contributed by atoms with Crippen molar-refractivity contribution in [1.29, 1.82) is 0 Å². The topological polar surface area (TPSA) is 87.1 Å². The van der Waals surface area contributed by atoms with Crippen molar-refractivity contribution < 1.29 is 9.90 Å². The van der Waals surface area contributed by atoms with E-state index in [1.165, 1.54) is 0 Å². The summed E-state index contributed by atoms with van der Waals surface area (Å²) in [5, 5.41) is 22.8. The smallest absolute Gasteiger partial charge is 0.271 e. The highest BCUT2D eigenvalue weighted by Gasteiger charge is 2.29. The van der Waals surface area contributed by atoms with E-state index in [0.717, 1.165) is 12.8 Å². The predicted octanol–water partition coefficient (Wildman–Crippen LogP) is 0.0190. The van der Waals surface area contributed by atoms with Crippen LogP contribution in [0.2, 0.25) is 0 Å². The summed E-state index contributed by atoms with van der Waals surface area (Å²) >= 11 is 0. The molecule has 6 nitrogen and oxygen atoms in total. The minimum Gasteiger partial charge on any atom is -0.391 e. The number of aliphatic hydroxyl groups excluding tert-OH is 1. The SMILES string of the molecule is CNC(=O)c1ccc(NCC(O)C2CC2)nn1. The Morgan fingerprint density at radius 1 is 1.53 bits per heavy atom. The van der Waals surface area contributed by atoms with Crippen LogP contribution in [0, 0.1) is 5.92 Å². The van der Waals surface area contributed by atoms with Gasteiger partial charge in [-0.3, -0.25) is 4.79 Å². The molecule has 0 spiro atoms. The fourth-order valence-electron chi connectivity index (χ4n) is 1.53. The number of carbonyl (C=O) groups excluding carboxylic acids is 1. The molecule has 1 fully saturated rings. The third-order valence-corrected chi connectivity index (χ3v) is 2.78. The van der Waals surface area contributed by atoms with Gasteiger partial charge in [0, 0.05) is 13.6 Å². The highest BCUT2D eigenvalue weighted by atomic mass is 16.3. The lowest BCUT2D eigenvalue weighted by molar-refractivity contribution is 0.0957. The quantitative estimate of drug-likeness (QED) is 0.671. The Morgan fingerprint density at radius 2 is 2.29 bits per heavy atom. The lowest BCUT2D eigenvalue weighted by Gasteiger charge is -2.10. The molecule has 0 saturated heterocycles. The number of nitrogens with one attached hydrogen (secondary N) is 2. The molecule has 0 aromatic carbocycles. The Balaban J connectivity index is 1.86. The minimum atomic E-state index is -0.324. The van der Waals surface area contributed by atoms with Crippen molar-refractivity contribution in [3.05, 3.63) is 17.8 Å². The maximum Gasteiger partial charge on any atom is 0.271 e. The van der Waals surface area contributed by atoms with Crippen molar-refractivity contribution in [3.63, 3.8) is 0 Å². The van der Waals surface area contributed by atoms with Gasteiger partial charge in [-0.25, -0.2) is 0 Å². The van der Waals surface area contributed by atoms with Gasteiger partial charge in [-0.1, -0.05) is 0 Å². The van der Waals surface area contributed by atoms with Crippen molar-refractivity contribution in [3.8, 4) is 0 Å². The van der Waals surface area contributed by atoms with Gasteiger partial charge in [0.15, 0.2) is 5.69 Å². The van der Waals surface area contributed by atoms with Crippen LogP contribution in [-0.4, -0.2) is 40.9 Å². The third kappa shape index (κ3) is 3.13. The number of aliphatic hydroxyl groups is 1. The third-order valence-electron chi connectivity index (χ3n) is 2.78. The van der Waals surface area contributed by atoms with Crippen LogP contribution in [0.15, 0.2) is 12.1 Å². The van der Waals surface area contributed by atoms with Gasteiger partial charge >= 0.3 is 0 Å². The van der Waals surface area contributed by atoms with Gasteiger partial charge in [0.25, 0.3) is 5.91 Å². The van der Waals surface area contributed by atoms with E-state index in [-0.39, 0.29) is 17.7 Å². The Kier molecular flexibility index (Phi) is 3.53. The van der Waals surface area contributed by atoms with Gasteiger partial charge in [0.05, 0.1) is 6.10 Å². The Labute approximate surface area is 99.4 Å². The molecule has 0 radical (unpaired) electrons. The zero-order chi connectivity index (χ0) is 12.3. The molecule has 3 N–H and O–H groups in total. The first-order valence-electron chi connectivity index (χ1n) is 5.68. The fourth-order valence-corrected chi connectivity index (χ4v) is 1.53. The molecule has 6 heteroatoms. The van der Waals surface area contributed by atoms with Crippen LogP contribution in [0.25, 0.3) is 0 Å². The number of hydrogen-bond donors (Lipinski definition) is 3. The molecule has 1 atom stereocenters. The zero-order valence-corrected chi connectivity index (χ0v) is 9.68. The molecule has 1 aromatic rings. The van der Waals surface area contributed by atoms with E-state index in [2.05, 4.69) is 20.8 Å². The van der Waals surface area contributed by atoms with E-state index in [1.54, 1.807) is 19.2 Å². The van der Waals surface area contributed by atoms with Crippen molar-refractivity contribution >= 4 is 11.7 Å². The molecule has 92 valence electrons. The second-order valence-corrected chi connectivity index (χ2v) is 4.17. The largest absolute Gasteiger partial charge is 0.391 e. The summed E-state index contributed by atoms with van der Waals surface area (Å²) < 4.78 is 0. The molecule has 0 bridgehead atoms. The maximum absolute atomic E-state index is 11.2. The summed E-state index contributed by atoms with van der Waals surface area (Å²) in [6, 6.07) is 3.27. The number of nitrogens with zero attached hydrogens (tertiary/aromatic N) is 2. The maximum atomic E-state index is 11.2. The number of hydrogen-bond acceptors (Lipinski definition) is 5. The minimum absolute atomic E-state index is 0.262. The van der Waals surface area contributed by atoms with Crippen molar-refractivity contribution in [1.82, 2.24) is 15.5 Å². The normalized spacial score (nSPS) is 16.4. The summed E-state index contributed by atoms with van der Waals surface area (Å²) in [7, 11) is 1.54. The Hall–Kier alpha value is -1.69. The fraction of sp³-hybridized carbons (Fsp3) is 0.545. The van der Waals surface area contributed by atoms with Gasteiger partial charge in [-0.15, -0.1) is 10.2 Å². The lowest BCUT2D eigenvalue weighted by Crippen LogP contribution is -2.23. The van der Waals surface area contributed by atoms with Gasteiger partial charge in [-0.2, -0.15) is 0 Å². The van der Waals surface area contributed by atoms with Gasteiger partial charge in [0.2, 0.25) is 0 Å². The van der Waals surface area contributed by atoms with E-state index in [0.29, 0.717) is 18.3 Å². The summed E-state index contributed by atoms with van der Waals surface area (Å²) in [5.41, 5.74) is 0.279. The second-order valence-electron chi connectivity index (χ2n) is 4.17. The number of carbonyl (C=O) groups is 1. The van der Waals surface area contributed by atoms with E-state index >= 15 is 0 Å². The molecule has 17 heavy (non-hydrogen) atoms. The number of amides is 1. The summed E-state index contributed by atoms with van der Waals surface area (Å²) in [5.74, 6) is 0.736. The molecular weight excluding hydrogens is 220 g/mol. The van der Waals surface area contributed by atoms with Gasteiger partial charge < -0.3 is 15.7 Å². The van der Waals surface area contributed by atoms with Crippen LogP contribution in [0.3, 0.4) is 0 Å². The first kappa shape index (κ1) is 11.8. The zero-order valence-electron chi connectivity index (χ0n) is 9.68. The van der Waals surface area contributed by atoms with Crippen LogP contribution >= 0.6 is 0 Å². The summed E-state index contributed by atoms with van der Waals surface area (Å²) in [4.78, 5) is 11.2. The number of rotatable bonds is 5. The van der Waals surface area contributed by atoms with Crippen molar-refractivity contribution in [2.24, 2.45) is 5.92 Å². The molecule has 1 saturated carbocycles. The molecule has 1 aliphatic carbocycles. The lowest BCUT2D eigenvalue weighted by atomic mass is 10.2. The first-order valence-corrected chi connectivity index (χ1v) is 5.68. The van der Waals surface area contributed by atoms with E-state index in [1.807, 2.05) is 0 Å². The standard InChI is InChI=1S/C11H16N4O2/c1-12-11(17)8-4-5-10(15-14-8)13-6-9(16)7-2-3-7/h4-5,7,9,16H,2-3,6H2,1H3,(H,12,17)(H,13,15). The van der Waals surface area contributed by atoms with Crippen molar-refractivity contribution in [2.75, 3.05) is 18.9 Å². The van der Waals surface area contributed by atoms with E-state index in [4.69, 9.17) is 0 Å². The average molecular weight is 236 g/mol. The Bertz CT molecular complexity index is 389. The van der Waals surface area contributed by atoms with Crippen LogP contribution in [-0.2, 0) is 0 Å². The molecule has 1 aromatic heterocycles. The van der Waals surface area contributed by atoms with Crippen LogP contribution in [0.1, 0.15) is 23.3 Å².